The molecule has 0 bridgehead atoms. The molecule has 3 aromatic rings. The Balaban J connectivity index is 1.20. The summed E-state index contributed by atoms with van der Waals surface area (Å²) in [5, 5.41) is 3.67. The molecular weight excluding hydrogens is 438 g/mol. The number of cyclic esters (lactones) is 1. The van der Waals surface area contributed by atoms with E-state index in [1.807, 2.05) is 24.3 Å². The highest BCUT2D eigenvalue weighted by molar-refractivity contribution is 5.96. The van der Waals surface area contributed by atoms with Gasteiger partial charge in [-0.2, -0.15) is 0 Å². The minimum absolute atomic E-state index is 0.195. The number of anilines is 1. The molecule has 2 aliphatic heterocycles. The second-order valence-corrected chi connectivity index (χ2v) is 7.81. The van der Waals surface area contributed by atoms with Gasteiger partial charge in [0.2, 0.25) is 5.91 Å². The number of carbonyl (C=O) groups is 2. The topological polar surface area (TPSA) is 99.2 Å². The lowest BCUT2D eigenvalue weighted by atomic mass is 10.1. The van der Waals surface area contributed by atoms with Crippen LogP contribution in [0.25, 0.3) is 17.0 Å². The predicted molar refractivity (Wildman–Crippen MR) is 125 cm³/mol. The van der Waals surface area contributed by atoms with Gasteiger partial charge in [-0.15, -0.1) is 0 Å². The molecule has 174 valence electrons. The molecule has 1 atom stereocenters. The van der Waals surface area contributed by atoms with Crippen molar-refractivity contribution in [3.63, 3.8) is 0 Å². The summed E-state index contributed by atoms with van der Waals surface area (Å²) in [6, 6.07) is 12.9. The smallest absolute Gasteiger partial charge is 0.414 e. The van der Waals surface area contributed by atoms with Crippen LogP contribution in [0, 0.1) is 0 Å². The van der Waals surface area contributed by atoms with E-state index in [9.17, 15) is 9.59 Å². The number of hydrogen-bond acceptors (Lipinski definition) is 7. The van der Waals surface area contributed by atoms with E-state index in [0.29, 0.717) is 42.7 Å². The van der Waals surface area contributed by atoms with Gasteiger partial charge in [0.05, 0.1) is 37.6 Å². The van der Waals surface area contributed by atoms with Crippen LogP contribution in [0.15, 0.2) is 54.7 Å². The van der Waals surface area contributed by atoms with Crippen molar-refractivity contribution >= 4 is 34.7 Å². The highest BCUT2D eigenvalue weighted by Crippen LogP contribution is 2.35. The summed E-state index contributed by atoms with van der Waals surface area (Å²) in [5.74, 6) is 1.60. The zero-order valence-corrected chi connectivity index (χ0v) is 18.5. The number of nitrogens with zero attached hydrogens (tertiary/aromatic N) is 2. The summed E-state index contributed by atoms with van der Waals surface area (Å²) in [6.45, 7) is 1.48. The van der Waals surface area contributed by atoms with Crippen LogP contribution in [-0.4, -0.2) is 56.5 Å². The second-order valence-electron chi connectivity index (χ2n) is 7.81. The number of fused-ring (bicyclic) bond motifs is 2. The molecule has 9 heteroatoms. The largest absolute Gasteiger partial charge is 0.495 e. The molecule has 34 heavy (non-hydrogen) atoms. The fraction of sp³-hybridized carbons (Fsp3) is 0.240. The van der Waals surface area contributed by atoms with Gasteiger partial charge in [0, 0.05) is 17.5 Å². The zero-order valence-electron chi connectivity index (χ0n) is 18.5. The molecule has 2 amide bonds. The van der Waals surface area contributed by atoms with Crippen LogP contribution in [0.4, 0.5) is 10.5 Å². The molecule has 2 aliphatic rings. The Labute approximate surface area is 195 Å². The molecule has 3 heterocycles. The molecule has 0 saturated carbocycles. The minimum atomic E-state index is -0.469. The number of aromatic nitrogens is 1. The molecule has 1 aromatic heterocycles. The van der Waals surface area contributed by atoms with Crippen molar-refractivity contribution in [1.29, 1.82) is 0 Å². The Hall–Kier alpha value is -4.27. The van der Waals surface area contributed by atoms with Crippen molar-refractivity contribution in [3.05, 3.63) is 60.3 Å². The third-order valence-electron chi connectivity index (χ3n) is 5.60. The van der Waals surface area contributed by atoms with Crippen molar-refractivity contribution in [3.8, 4) is 17.2 Å². The molecule has 0 aliphatic carbocycles. The molecule has 0 spiro atoms. The average Bonchev–Trinajstić information content (AvgIpc) is 3.25. The number of carbonyl (C=O) groups excluding carboxylic acids is 2. The van der Waals surface area contributed by atoms with Crippen LogP contribution >= 0.6 is 0 Å². The first-order valence-corrected chi connectivity index (χ1v) is 10.9. The first-order valence-electron chi connectivity index (χ1n) is 10.9. The molecule has 1 N–H and O–H groups in total. The van der Waals surface area contributed by atoms with E-state index in [0.717, 1.165) is 16.5 Å². The molecule has 0 radical (unpaired) electrons. The number of rotatable bonds is 6. The van der Waals surface area contributed by atoms with Crippen LogP contribution < -0.4 is 24.4 Å². The number of amides is 2. The van der Waals surface area contributed by atoms with Gasteiger partial charge in [0.15, 0.2) is 11.5 Å². The number of pyridine rings is 1. The van der Waals surface area contributed by atoms with Crippen molar-refractivity contribution in [2.24, 2.45) is 0 Å². The number of benzene rings is 2. The lowest BCUT2D eigenvalue weighted by molar-refractivity contribution is -0.116. The molecule has 0 unspecified atom stereocenters. The van der Waals surface area contributed by atoms with Crippen LogP contribution in [0.5, 0.6) is 17.2 Å². The number of ether oxygens (including phenoxy) is 4. The number of nitrogens with one attached hydrogen (secondary N) is 1. The van der Waals surface area contributed by atoms with Crippen molar-refractivity contribution in [2.75, 3.05) is 38.3 Å². The monoisotopic (exact) mass is 461 g/mol. The molecule has 1 fully saturated rings. The maximum absolute atomic E-state index is 12.4. The van der Waals surface area contributed by atoms with Crippen LogP contribution in [0.3, 0.4) is 0 Å². The lowest BCUT2D eigenvalue weighted by Gasteiger charge is -2.21. The fourth-order valence-electron chi connectivity index (χ4n) is 3.89. The van der Waals surface area contributed by atoms with Gasteiger partial charge in [-0.25, -0.2) is 4.79 Å². The standard InChI is InChI=1S/C25H23N3O6/c1-31-18-12-20-16(3-2-4-21(20)26-13-18)5-8-24(29)27-14-19-15-28(25(30)34-19)17-6-7-22-23(11-17)33-10-9-32-22/h2-8,11-13,19H,9-10,14-15H2,1H3,(H,27,29)/b8-5+/t19-/m1/s1. The SMILES string of the molecule is COc1cnc2cccc(/C=C/C(=O)NC[C@@H]3CN(c4ccc5c(c4)OCCO5)C(=O)O3)c2c1. The van der Waals surface area contributed by atoms with Crippen molar-refractivity contribution < 1.29 is 28.5 Å². The van der Waals surface area contributed by atoms with Gasteiger partial charge in [-0.3, -0.25) is 14.7 Å². The Bertz CT molecular complexity index is 1270. The Morgan fingerprint density at radius 2 is 2.06 bits per heavy atom. The summed E-state index contributed by atoms with van der Waals surface area (Å²) in [5.41, 5.74) is 2.31. The van der Waals surface area contributed by atoms with Gasteiger partial charge < -0.3 is 24.3 Å². The van der Waals surface area contributed by atoms with Gasteiger partial charge in [0.1, 0.15) is 25.1 Å². The fourth-order valence-corrected chi connectivity index (χ4v) is 3.89. The van der Waals surface area contributed by atoms with Crippen LogP contribution in [0.1, 0.15) is 5.56 Å². The molecular formula is C25H23N3O6. The highest BCUT2D eigenvalue weighted by atomic mass is 16.6. The Morgan fingerprint density at radius 1 is 1.21 bits per heavy atom. The van der Waals surface area contributed by atoms with E-state index in [-0.39, 0.29) is 12.5 Å². The first kappa shape index (κ1) is 21.6. The average molecular weight is 461 g/mol. The maximum Gasteiger partial charge on any atom is 0.414 e. The van der Waals surface area contributed by atoms with Crippen molar-refractivity contribution in [1.82, 2.24) is 10.3 Å². The van der Waals surface area contributed by atoms with E-state index < -0.39 is 12.2 Å². The molecule has 9 nitrogen and oxygen atoms in total. The Morgan fingerprint density at radius 3 is 2.91 bits per heavy atom. The minimum Gasteiger partial charge on any atom is -0.495 e. The molecule has 2 aromatic carbocycles. The molecule has 5 rings (SSSR count). The highest BCUT2D eigenvalue weighted by Gasteiger charge is 2.33. The van der Waals surface area contributed by atoms with Gasteiger partial charge in [-0.05, 0) is 35.9 Å². The van der Waals surface area contributed by atoms with E-state index >= 15 is 0 Å². The first-order chi connectivity index (χ1) is 16.6. The normalized spacial score (nSPS) is 17.1. The Kier molecular flexibility index (Phi) is 5.90. The van der Waals surface area contributed by atoms with E-state index in [1.165, 1.54) is 11.0 Å². The maximum atomic E-state index is 12.4. The summed E-state index contributed by atoms with van der Waals surface area (Å²) in [4.78, 5) is 30.7. The summed E-state index contributed by atoms with van der Waals surface area (Å²) in [6.07, 6.45) is 3.89. The van der Waals surface area contributed by atoms with Crippen LogP contribution in [0.2, 0.25) is 0 Å². The van der Waals surface area contributed by atoms with Crippen molar-refractivity contribution in [2.45, 2.75) is 6.10 Å². The zero-order chi connectivity index (χ0) is 23.5. The van der Waals surface area contributed by atoms with E-state index in [2.05, 4.69) is 10.3 Å². The van der Waals surface area contributed by atoms with E-state index in [4.69, 9.17) is 18.9 Å². The lowest BCUT2D eigenvalue weighted by Crippen LogP contribution is -2.33. The third-order valence-corrected chi connectivity index (χ3v) is 5.60. The number of hydrogen-bond donors (Lipinski definition) is 1. The van der Waals surface area contributed by atoms with Gasteiger partial charge in [0.25, 0.3) is 0 Å². The molecule has 1 saturated heterocycles. The van der Waals surface area contributed by atoms with Crippen LogP contribution in [-0.2, 0) is 9.53 Å². The number of methoxy groups -OCH3 is 1. The summed E-state index contributed by atoms with van der Waals surface area (Å²) < 4.78 is 21.8. The quantitative estimate of drug-likeness (QED) is 0.563. The van der Waals surface area contributed by atoms with Gasteiger partial charge >= 0.3 is 6.09 Å². The predicted octanol–water partition coefficient (Wildman–Crippen LogP) is 3.17. The third kappa shape index (κ3) is 4.45. The second kappa shape index (κ2) is 9.30. The summed E-state index contributed by atoms with van der Waals surface area (Å²) >= 11 is 0. The summed E-state index contributed by atoms with van der Waals surface area (Å²) in [7, 11) is 1.58. The van der Waals surface area contributed by atoms with Gasteiger partial charge in [-0.1, -0.05) is 12.1 Å². The van der Waals surface area contributed by atoms with E-state index in [1.54, 1.807) is 37.6 Å².